The lowest BCUT2D eigenvalue weighted by Gasteiger charge is -2.26. The summed E-state index contributed by atoms with van der Waals surface area (Å²) in [5.41, 5.74) is 4.33. The van der Waals surface area contributed by atoms with Crippen molar-refractivity contribution >= 4 is 5.78 Å². The maximum Gasteiger partial charge on any atom is 0.170 e. The van der Waals surface area contributed by atoms with E-state index in [-0.39, 0.29) is 5.41 Å². The lowest BCUT2D eigenvalue weighted by atomic mass is 9.76. The molecule has 1 aromatic carbocycles. The van der Waals surface area contributed by atoms with Crippen LogP contribution in [0.1, 0.15) is 46.8 Å². The summed E-state index contributed by atoms with van der Waals surface area (Å²) in [6, 6.07) is 4.21. The molecule has 1 N–H and O–H groups in total. The van der Waals surface area contributed by atoms with Gasteiger partial charge in [-0.05, 0) is 62.9 Å². The average Bonchev–Trinajstić information content (AvgIpc) is 2.83. The van der Waals surface area contributed by atoms with Gasteiger partial charge in [0.1, 0.15) is 0 Å². The van der Waals surface area contributed by atoms with E-state index in [1.165, 1.54) is 11.1 Å². The number of carbonyl (C=O) groups excluding carboxylic acids is 1. The van der Waals surface area contributed by atoms with Gasteiger partial charge in [0, 0.05) is 17.5 Å². The van der Waals surface area contributed by atoms with Gasteiger partial charge in [0.2, 0.25) is 0 Å². The monoisotopic (exact) mass is 245 g/mol. The van der Waals surface area contributed by atoms with Crippen LogP contribution in [0.15, 0.2) is 12.1 Å². The van der Waals surface area contributed by atoms with Crippen LogP contribution >= 0.6 is 0 Å². The number of hydrogen-bond donors (Lipinski definition) is 1. The number of hydrogen-bond acceptors (Lipinski definition) is 2. The van der Waals surface area contributed by atoms with Gasteiger partial charge in [-0.3, -0.25) is 4.79 Å². The highest BCUT2D eigenvalue weighted by atomic mass is 16.1. The van der Waals surface area contributed by atoms with E-state index in [2.05, 4.69) is 38.2 Å². The summed E-state index contributed by atoms with van der Waals surface area (Å²) in [5, 5.41) is 3.34. The second-order valence-corrected chi connectivity index (χ2v) is 5.64. The smallest absolute Gasteiger partial charge is 0.170 e. The zero-order valence-corrected chi connectivity index (χ0v) is 11.9. The molecule has 1 heterocycles. The van der Waals surface area contributed by atoms with Crippen LogP contribution < -0.4 is 5.32 Å². The molecule has 0 saturated carbocycles. The van der Waals surface area contributed by atoms with Crippen LogP contribution in [0.3, 0.4) is 0 Å². The summed E-state index contributed by atoms with van der Waals surface area (Å²) in [5.74, 6) is 0.329. The first-order chi connectivity index (χ1) is 8.50. The van der Waals surface area contributed by atoms with E-state index in [0.717, 1.165) is 37.1 Å². The summed E-state index contributed by atoms with van der Waals surface area (Å²) in [6.07, 6.45) is 1.89. The minimum absolute atomic E-state index is 0.174. The molecule has 1 aliphatic rings. The number of carbonyl (C=O) groups is 1. The lowest BCUT2D eigenvalue weighted by molar-refractivity contribution is 0.0809. The molecule has 2 nitrogen and oxygen atoms in total. The first-order valence-corrected chi connectivity index (χ1v) is 6.83. The molecular formula is C16H23NO. The Labute approximate surface area is 110 Å². The fourth-order valence-electron chi connectivity index (χ4n) is 2.89. The van der Waals surface area contributed by atoms with Crippen molar-refractivity contribution in [3.05, 3.63) is 34.4 Å². The third-order valence-electron chi connectivity index (χ3n) is 4.49. The lowest BCUT2D eigenvalue weighted by Crippen LogP contribution is -2.33. The Morgan fingerprint density at radius 3 is 2.44 bits per heavy atom. The Morgan fingerprint density at radius 2 is 1.89 bits per heavy atom. The van der Waals surface area contributed by atoms with E-state index >= 15 is 0 Å². The summed E-state index contributed by atoms with van der Waals surface area (Å²) >= 11 is 0. The van der Waals surface area contributed by atoms with Crippen molar-refractivity contribution in [2.45, 2.75) is 40.5 Å². The van der Waals surface area contributed by atoms with Crippen molar-refractivity contribution in [2.75, 3.05) is 13.1 Å². The molecule has 98 valence electrons. The van der Waals surface area contributed by atoms with Gasteiger partial charge in [0.15, 0.2) is 5.78 Å². The third-order valence-corrected chi connectivity index (χ3v) is 4.49. The zero-order chi connectivity index (χ0) is 13.3. The Balaban J connectivity index is 2.42. The number of rotatable bonds is 3. The molecule has 1 aliphatic heterocycles. The van der Waals surface area contributed by atoms with Crippen LogP contribution in [-0.2, 0) is 0 Å². The molecule has 0 bridgehead atoms. The normalized spacial score (nSPS) is 23.3. The van der Waals surface area contributed by atoms with Crippen molar-refractivity contribution in [2.24, 2.45) is 5.41 Å². The maximum absolute atomic E-state index is 12.8. The van der Waals surface area contributed by atoms with E-state index in [4.69, 9.17) is 0 Å². The van der Waals surface area contributed by atoms with E-state index in [1.807, 2.05) is 6.92 Å². The Kier molecular flexibility index (Phi) is 3.58. The molecule has 1 atom stereocenters. The van der Waals surface area contributed by atoms with Crippen LogP contribution in [-0.4, -0.2) is 18.9 Å². The number of benzene rings is 1. The van der Waals surface area contributed by atoms with E-state index in [0.29, 0.717) is 5.78 Å². The van der Waals surface area contributed by atoms with Crippen LogP contribution in [0.2, 0.25) is 0 Å². The molecule has 0 aliphatic carbocycles. The van der Waals surface area contributed by atoms with Crippen molar-refractivity contribution in [3.8, 4) is 0 Å². The van der Waals surface area contributed by atoms with Crippen LogP contribution in [0.25, 0.3) is 0 Å². The Bertz CT molecular complexity index is 470. The molecule has 0 spiro atoms. The quantitative estimate of drug-likeness (QED) is 0.829. The molecule has 0 amide bonds. The average molecular weight is 245 g/mol. The molecule has 18 heavy (non-hydrogen) atoms. The number of Topliss-reactive ketones (excluding diaryl/α,β-unsaturated/α-hetero) is 1. The van der Waals surface area contributed by atoms with Gasteiger partial charge >= 0.3 is 0 Å². The minimum atomic E-state index is -0.174. The molecule has 1 fully saturated rings. The Hall–Kier alpha value is -1.15. The molecule has 0 aromatic heterocycles. The fraction of sp³-hybridized carbons (Fsp3) is 0.562. The second kappa shape index (κ2) is 4.85. The van der Waals surface area contributed by atoms with Crippen LogP contribution in [0.5, 0.6) is 0 Å². The molecule has 1 unspecified atom stereocenters. The number of nitrogens with one attached hydrogen (secondary N) is 1. The number of aryl methyl sites for hydroxylation is 3. The van der Waals surface area contributed by atoms with Crippen molar-refractivity contribution in [1.29, 1.82) is 0 Å². The fourth-order valence-corrected chi connectivity index (χ4v) is 2.89. The predicted molar refractivity (Wildman–Crippen MR) is 75.2 cm³/mol. The summed E-state index contributed by atoms with van der Waals surface area (Å²) < 4.78 is 0. The van der Waals surface area contributed by atoms with Crippen molar-refractivity contribution in [3.63, 3.8) is 0 Å². The maximum atomic E-state index is 12.8. The first-order valence-electron chi connectivity index (χ1n) is 6.83. The molecule has 2 heteroatoms. The van der Waals surface area contributed by atoms with E-state index in [9.17, 15) is 4.79 Å². The largest absolute Gasteiger partial charge is 0.316 e. The number of ketones is 1. The molecule has 2 rings (SSSR count). The highest BCUT2D eigenvalue weighted by Crippen LogP contribution is 2.34. The van der Waals surface area contributed by atoms with E-state index < -0.39 is 0 Å². The SMILES string of the molecule is CCC1(C(=O)c2cc(C)c(C)cc2C)CCNC1. The third kappa shape index (κ3) is 2.10. The standard InChI is InChI=1S/C16H23NO/c1-5-16(6-7-17-10-16)15(18)14-9-12(3)11(2)8-13(14)4/h8-9,17H,5-7,10H2,1-4H3. The van der Waals surface area contributed by atoms with Crippen LogP contribution in [0, 0.1) is 26.2 Å². The molecule has 1 saturated heterocycles. The summed E-state index contributed by atoms with van der Waals surface area (Å²) in [6.45, 7) is 10.1. The molecular weight excluding hydrogens is 222 g/mol. The van der Waals surface area contributed by atoms with Gasteiger partial charge in [0.25, 0.3) is 0 Å². The summed E-state index contributed by atoms with van der Waals surface area (Å²) in [7, 11) is 0. The minimum Gasteiger partial charge on any atom is -0.316 e. The van der Waals surface area contributed by atoms with Gasteiger partial charge < -0.3 is 5.32 Å². The van der Waals surface area contributed by atoms with Gasteiger partial charge in [-0.25, -0.2) is 0 Å². The summed E-state index contributed by atoms with van der Waals surface area (Å²) in [4.78, 5) is 12.8. The Morgan fingerprint density at radius 1 is 1.22 bits per heavy atom. The second-order valence-electron chi connectivity index (χ2n) is 5.64. The highest BCUT2D eigenvalue weighted by molar-refractivity contribution is 6.02. The van der Waals surface area contributed by atoms with Gasteiger partial charge in [0.05, 0.1) is 0 Å². The van der Waals surface area contributed by atoms with Gasteiger partial charge in [-0.1, -0.05) is 13.0 Å². The van der Waals surface area contributed by atoms with Crippen LogP contribution in [0.4, 0.5) is 0 Å². The van der Waals surface area contributed by atoms with Gasteiger partial charge in [-0.2, -0.15) is 0 Å². The first kappa shape index (κ1) is 13.3. The molecule has 0 radical (unpaired) electrons. The zero-order valence-electron chi connectivity index (χ0n) is 11.9. The van der Waals surface area contributed by atoms with Crippen molar-refractivity contribution < 1.29 is 4.79 Å². The van der Waals surface area contributed by atoms with Crippen molar-refractivity contribution in [1.82, 2.24) is 5.32 Å². The van der Waals surface area contributed by atoms with Gasteiger partial charge in [-0.15, -0.1) is 0 Å². The molecule has 1 aromatic rings. The highest BCUT2D eigenvalue weighted by Gasteiger charge is 2.40. The van der Waals surface area contributed by atoms with E-state index in [1.54, 1.807) is 0 Å². The predicted octanol–water partition coefficient (Wildman–Crippen LogP) is 3.18. The topological polar surface area (TPSA) is 29.1 Å².